The second kappa shape index (κ2) is 7.62. The summed E-state index contributed by atoms with van der Waals surface area (Å²) < 4.78 is 246. The molecule has 0 rings (SSSR count). The molecule has 0 saturated heterocycles. The number of hydrogen-bond donors (Lipinski definition) is 0. The minimum atomic E-state index is -8.85. The minimum absolute atomic E-state index is 0.451. The van der Waals surface area contributed by atoms with Gasteiger partial charge < -0.3 is 0 Å². The molecule has 0 spiro atoms. The van der Waals surface area contributed by atoms with Crippen LogP contribution in [0.3, 0.4) is 0 Å². The van der Waals surface area contributed by atoms with Gasteiger partial charge in [0.1, 0.15) is 0 Å². The van der Waals surface area contributed by atoms with Gasteiger partial charge in [-0.15, -0.1) is 0 Å². The van der Waals surface area contributed by atoms with Gasteiger partial charge in [0, 0.05) is 0 Å². The smallest absolute Gasteiger partial charge is 0.263 e. The zero-order chi connectivity index (χ0) is 26.8. The highest BCUT2D eigenvalue weighted by atomic mass is 32.2. The monoisotopic (exact) mass is 542 g/mol. The van der Waals surface area contributed by atoms with Crippen molar-refractivity contribution in [1.29, 1.82) is 0 Å². The van der Waals surface area contributed by atoms with Gasteiger partial charge >= 0.3 is 57.1 Å². The van der Waals surface area contributed by atoms with E-state index in [0.717, 1.165) is 0 Å². The van der Waals surface area contributed by atoms with Crippen LogP contribution in [0.2, 0.25) is 0 Å². The summed E-state index contributed by atoms with van der Waals surface area (Å²) in [6, 6.07) is 0. The molecule has 0 saturated carbocycles. The Hall–Kier alpha value is -1.28. The molecule has 0 amide bonds. The minimum Gasteiger partial charge on any atom is -0.263 e. The number of rotatable bonds is 9. The lowest BCUT2D eigenvalue weighted by molar-refractivity contribution is -0.458. The van der Waals surface area contributed by atoms with Crippen molar-refractivity contribution in [2.24, 2.45) is 0 Å². The average Bonchev–Trinajstić information content (AvgIpc) is 2.51. The lowest BCUT2D eigenvalue weighted by Gasteiger charge is -2.42. The Kier molecular flexibility index (Phi) is 7.32. The van der Waals surface area contributed by atoms with E-state index in [4.69, 9.17) is 0 Å². The molecule has 3 nitrogen and oxygen atoms in total. The third-order valence-corrected chi connectivity index (χ3v) is 4.85. The predicted molar refractivity (Wildman–Crippen MR) is 65.8 cm³/mol. The topological polar surface area (TPSA) is 43.4 Å². The predicted octanol–water partition coefficient (Wildman–Crippen LogP) is 5.71. The molecule has 0 bridgehead atoms. The fourth-order valence-electron chi connectivity index (χ4n) is 1.62. The number of alkyl halides is 17. The van der Waals surface area contributed by atoms with Gasteiger partial charge in [0.2, 0.25) is 0 Å². The van der Waals surface area contributed by atoms with E-state index in [-0.39, 0.29) is 0 Å². The summed E-state index contributed by atoms with van der Waals surface area (Å²) in [7, 11) is -7.45. The van der Waals surface area contributed by atoms with E-state index in [2.05, 4.69) is 4.18 Å². The van der Waals surface area contributed by atoms with Crippen molar-refractivity contribution in [3.05, 3.63) is 0 Å². The van der Waals surface area contributed by atoms with E-state index in [1.54, 1.807) is 0 Å². The third kappa shape index (κ3) is 3.85. The van der Waals surface area contributed by atoms with E-state index in [0.29, 0.717) is 13.8 Å². The van der Waals surface area contributed by atoms with E-state index < -0.39 is 63.2 Å². The van der Waals surface area contributed by atoms with Gasteiger partial charge in [-0.2, -0.15) is 83.1 Å². The van der Waals surface area contributed by atoms with Crippen LogP contribution < -0.4 is 0 Å². The van der Waals surface area contributed by atoms with Crippen LogP contribution in [0.1, 0.15) is 13.8 Å². The highest BCUT2D eigenvalue weighted by molar-refractivity contribution is 7.87. The van der Waals surface area contributed by atoms with Crippen LogP contribution in [0, 0.1) is 0 Å². The van der Waals surface area contributed by atoms with Crippen molar-refractivity contribution in [2.45, 2.75) is 66.9 Å². The quantitative estimate of drug-likeness (QED) is 0.277. The molecule has 0 atom stereocenters. The van der Waals surface area contributed by atoms with Gasteiger partial charge in [-0.25, -0.2) is 0 Å². The van der Waals surface area contributed by atoms with Crippen molar-refractivity contribution >= 4 is 10.1 Å². The Bertz CT molecular complexity index is 795. The van der Waals surface area contributed by atoms with Crippen LogP contribution in [0.4, 0.5) is 74.6 Å². The van der Waals surface area contributed by atoms with Crippen molar-refractivity contribution in [3.63, 3.8) is 0 Å². The van der Waals surface area contributed by atoms with Crippen LogP contribution in [0.5, 0.6) is 0 Å². The maximum atomic E-state index is 13.4. The van der Waals surface area contributed by atoms with Gasteiger partial charge in [-0.1, -0.05) is 0 Å². The zero-order valence-electron chi connectivity index (χ0n) is 14.6. The largest absolute Gasteiger partial charge is 0.460 e. The Morgan fingerprint density at radius 3 is 1.00 bits per heavy atom. The molecule has 194 valence electrons. The first-order valence-electron chi connectivity index (χ1n) is 7.06. The summed E-state index contributed by atoms with van der Waals surface area (Å²) in [5.41, 5.74) is 0. The summed E-state index contributed by atoms with van der Waals surface area (Å²) in [5, 5.41) is -7.63. The van der Waals surface area contributed by atoms with Crippen LogP contribution in [0.25, 0.3) is 0 Å². The van der Waals surface area contributed by atoms with Crippen LogP contribution in [0.15, 0.2) is 0 Å². The normalized spacial score (nSPS) is 16.6. The van der Waals surface area contributed by atoms with Gasteiger partial charge in [0.05, 0.1) is 6.10 Å². The van der Waals surface area contributed by atoms with E-state index >= 15 is 0 Å². The fourth-order valence-corrected chi connectivity index (χ4v) is 2.69. The molecule has 32 heavy (non-hydrogen) atoms. The highest BCUT2D eigenvalue weighted by Gasteiger charge is 2.96. The lowest BCUT2D eigenvalue weighted by atomic mass is 9.91. The second-order valence-corrected chi connectivity index (χ2v) is 7.67. The fraction of sp³-hybridized carbons (Fsp3) is 1.00. The molecule has 0 aliphatic heterocycles. The molecule has 0 aromatic carbocycles. The Labute approximate surface area is 165 Å². The molecule has 0 aliphatic rings. The molecule has 21 heteroatoms. The second-order valence-electron chi connectivity index (χ2n) is 6.06. The molecule has 0 aliphatic carbocycles. The molecular weight excluding hydrogens is 535 g/mol. The summed E-state index contributed by atoms with van der Waals surface area (Å²) >= 11 is 0. The van der Waals surface area contributed by atoms with Gasteiger partial charge in [-0.05, 0) is 13.8 Å². The zero-order valence-corrected chi connectivity index (χ0v) is 15.5. The average molecular weight is 542 g/mol. The van der Waals surface area contributed by atoms with Crippen LogP contribution in [-0.2, 0) is 14.3 Å². The lowest BCUT2D eigenvalue weighted by Crippen LogP contribution is -2.75. The van der Waals surface area contributed by atoms with Crippen molar-refractivity contribution in [2.75, 3.05) is 0 Å². The van der Waals surface area contributed by atoms with Crippen molar-refractivity contribution < 1.29 is 87.2 Å². The Balaban J connectivity index is 6.92. The molecule has 0 aromatic heterocycles. The van der Waals surface area contributed by atoms with Crippen LogP contribution >= 0.6 is 0 Å². The molecule has 0 fully saturated rings. The van der Waals surface area contributed by atoms with Crippen molar-refractivity contribution in [3.8, 4) is 0 Å². The number of hydrogen-bond acceptors (Lipinski definition) is 3. The summed E-state index contributed by atoms with van der Waals surface area (Å²) in [6.45, 7) is 0.902. The molecular formula is C11H7F17O3S. The Morgan fingerprint density at radius 2 is 0.750 bits per heavy atom. The van der Waals surface area contributed by atoms with Crippen molar-refractivity contribution in [1.82, 2.24) is 0 Å². The summed E-state index contributed by atoms with van der Waals surface area (Å²) in [5.74, 6) is -51.7. The van der Waals surface area contributed by atoms with E-state index in [1.165, 1.54) is 0 Å². The first-order chi connectivity index (χ1) is 13.4. The molecule has 0 N–H and O–H groups in total. The van der Waals surface area contributed by atoms with E-state index in [9.17, 15) is 83.1 Å². The van der Waals surface area contributed by atoms with Gasteiger partial charge in [0.25, 0.3) is 0 Å². The summed E-state index contributed by atoms with van der Waals surface area (Å²) in [4.78, 5) is 0. The first kappa shape index (κ1) is 30.7. The summed E-state index contributed by atoms with van der Waals surface area (Å²) in [6.07, 6.45) is -9.99. The maximum Gasteiger partial charge on any atom is 0.460 e. The van der Waals surface area contributed by atoms with Gasteiger partial charge in [-0.3, -0.25) is 4.18 Å². The SMILES string of the molecule is CC(C)OS(=O)(=O)C(F)(F)C(F)(F)C(F)(F)C(F)(F)C(F)(F)C(F)(F)C(F)(F)C(F)(F)F. The first-order valence-corrected chi connectivity index (χ1v) is 8.47. The Morgan fingerprint density at radius 1 is 0.500 bits per heavy atom. The highest BCUT2D eigenvalue weighted by Crippen LogP contribution is 2.64. The molecule has 0 unspecified atom stereocenters. The third-order valence-electron chi connectivity index (χ3n) is 3.33. The molecule has 0 heterocycles. The van der Waals surface area contributed by atoms with Crippen LogP contribution in [-0.4, -0.2) is 61.5 Å². The maximum absolute atomic E-state index is 13.4. The number of halogens is 17. The van der Waals surface area contributed by atoms with Gasteiger partial charge in [0.15, 0.2) is 0 Å². The molecule has 0 radical (unpaired) electrons. The van der Waals surface area contributed by atoms with E-state index in [1.807, 2.05) is 0 Å². The molecule has 0 aromatic rings. The standard InChI is InChI=1S/C11H7F17O3S/c1-3(2)31-32(29,30)11(27,28)9(22,23)7(18,19)5(14,15)4(12,13)6(16,17)8(20,21)10(24,25)26/h3H,1-2H3.